The summed E-state index contributed by atoms with van der Waals surface area (Å²) in [6.07, 6.45) is 2.16. The van der Waals surface area contributed by atoms with Gasteiger partial charge in [-0.05, 0) is 48.7 Å². The van der Waals surface area contributed by atoms with E-state index in [-0.39, 0.29) is 36.5 Å². The quantitative estimate of drug-likeness (QED) is 0.279. The SMILES string of the molecule is C=Cc1cc2c(C(=O)NC)c(-c3ccc(F)cc3)oc2nc1CN(CCCCC(=O)O)[SH](=O)=O. The normalized spacial score (nSPS) is 11.3. The summed E-state index contributed by atoms with van der Waals surface area (Å²) in [7, 11) is -1.48. The van der Waals surface area contributed by atoms with Crippen LogP contribution in [0.4, 0.5) is 4.39 Å². The third kappa shape index (κ3) is 5.67. The maximum atomic E-state index is 13.4. The van der Waals surface area contributed by atoms with Gasteiger partial charge in [0, 0.05) is 25.6 Å². The van der Waals surface area contributed by atoms with E-state index in [1.165, 1.54) is 41.7 Å². The number of fused-ring (bicyclic) bond motifs is 1. The van der Waals surface area contributed by atoms with Gasteiger partial charge in [-0.2, -0.15) is 4.31 Å². The number of hydrogen-bond donors (Lipinski definition) is 3. The van der Waals surface area contributed by atoms with Crippen molar-refractivity contribution >= 4 is 39.9 Å². The zero-order valence-electron chi connectivity index (χ0n) is 18.4. The highest BCUT2D eigenvalue weighted by Crippen LogP contribution is 2.34. The molecule has 0 aliphatic rings. The Kier molecular flexibility index (Phi) is 8.13. The topological polar surface area (TPSA) is 130 Å². The first kappa shape index (κ1) is 25.1. The molecule has 0 saturated carbocycles. The molecule has 0 atom stereocenters. The minimum atomic E-state index is -2.95. The minimum Gasteiger partial charge on any atom is -0.481 e. The number of aromatic nitrogens is 1. The average Bonchev–Trinajstić information content (AvgIpc) is 3.18. The lowest BCUT2D eigenvalue weighted by atomic mass is 10.0. The Labute approximate surface area is 197 Å². The van der Waals surface area contributed by atoms with Crippen molar-refractivity contribution in [2.24, 2.45) is 0 Å². The number of unbranched alkanes of at least 4 members (excludes halogenated alkanes) is 1. The number of pyridine rings is 1. The van der Waals surface area contributed by atoms with Gasteiger partial charge in [-0.15, -0.1) is 0 Å². The summed E-state index contributed by atoms with van der Waals surface area (Å²) in [5.74, 6) is -1.61. The Morgan fingerprint density at radius 1 is 1.26 bits per heavy atom. The molecule has 11 heteroatoms. The fraction of sp³-hybridized carbons (Fsp3) is 0.261. The summed E-state index contributed by atoms with van der Waals surface area (Å²) in [4.78, 5) is 27.8. The number of amides is 1. The molecule has 3 aromatic rings. The van der Waals surface area contributed by atoms with E-state index in [1.54, 1.807) is 6.07 Å². The molecule has 34 heavy (non-hydrogen) atoms. The van der Waals surface area contributed by atoms with E-state index >= 15 is 0 Å². The van der Waals surface area contributed by atoms with Crippen LogP contribution in [-0.2, 0) is 22.2 Å². The molecule has 0 aliphatic carbocycles. The average molecular weight is 490 g/mol. The van der Waals surface area contributed by atoms with Gasteiger partial charge in [-0.25, -0.2) is 17.8 Å². The molecule has 0 bridgehead atoms. The number of furan rings is 1. The van der Waals surface area contributed by atoms with Crippen molar-refractivity contribution in [1.82, 2.24) is 14.6 Å². The van der Waals surface area contributed by atoms with Gasteiger partial charge in [0.15, 0.2) is 0 Å². The predicted octanol–water partition coefficient (Wildman–Crippen LogP) is 3.22. The van der Waals surface area contributed by atoms with Crippen LogP contribution in [0, 0.1) is 5.82 Å². The van der Waals surface area contributed by atoms with Crippen molar-refractivity contribution in [2.45, 2.75) is 25.8 Å². The second kappa shape index (κ2) is 11.0. The number of nitrogens with zero attached hydrogens (tertiary/aromatic N) is 2. The second-order valence-electron chi connectivity index (χ2n) is 7.45. The first-order chi connectivity index (χ1) is 16.2. The third-order valence-electron chi connectivity index (χ3n) is 5.20. The van der Waals surface area contributed by atoms with Crippen LogP contribution in [0.25, 0.3) is 28.5 Å². The molecule has 2 aromatic heterocycles. The molecule has 0 aliphatic heterocycles. The molecule has 0 saturated heterocycles. The van der Waals surface area contributed by atoms with E-state index in [2.05, 4.69) is 16.9 Å². The van der Waals surface area contributed by atoms with Crippen molar-refractivity contribution < 1.29 is 31.9 Å². The number of thiol groups is 1. The van der Waals surface area contributed by atoms with Gasteiger partial charge in [-0.1, -0.05) is 12.7 Å². The van der Waals surface area contributed by atoms with Crippen LogP contribution < -0.4 is 5.32 Å². The zero-order chi connectivity index (χ0) is 24.8. The number of carbonyl (C=O) groups excluding carboxylic acids is 1. The minimum absolute atomic E-state index is 0.0492. The van der Waals surface area contributed by atoms with Gasteiger partial charge in [0.2, 0.25) is 16.6 Å². The fourth-order valence-corrected chi connectivity index (χ4v) is 4.05. The van der Waals surface area contributed by atoms with Crippen LogP contribution in [0.1, 0.15) is 40.9 Å². The van der Waals surface area contributed by atoms with Gasteiger partial charge < -0.3 is 14.8 Å². The number of carboxylic acids is 1. The van der Waals surface area contributed by atoms with Crippen LogP contribution in [0.3, 0.4) is 0 Å². The molecule has 0 radical (unpaired) electrons. The van der Waals surface area contributed by atoms with Gasteiger partial charge in [-0.3, -0.25) is 9.59 Å². The molecular weight excluding hydrogens is 465 g/mol. The summed E-state index contributed by atoms with van der Waals surface area (Å²) < 4.78 is 44.0. The molecule has 180 valence electrons. The Bertz CT molecular complexity index is 1290. The highest BCUT2D eigenvalue weighted by Gasteiger charge is 2.24. The third-order valence-corrected chi connectivity index (χ3v) is 6.00. The summed E-state index contributed by atoms with van der Waals surface area (Å²) in [5.41, 5.74) is 1.68. The predicted molar refractivity (Wildman–Crippen MR) is 125 cm³/mol. The maximum absolute atomic E-state index is 13.4. The van der Waals surface area contributed by atoms with E-state index in [0.717, 1.165) is 0 Å². The van der Waals surface area contributed by atoms with Crippen molar-refractivity contribution in [2.75, 3.05) is 13.6 Å². The lowest BCUT2D eigenvalue weighted by Crippen LogP contribution is -2.24. The Balaban J connectivity index is 2.03. The summed E-state index contributed by atoms with van der Waals surface area (Å²) in [6, 6.07) is 7.10. The smallest absolute Gasteiger partial charge is 0.303 e. The fourth-order valence-electron chi connectivity index (χ4n) is 3.50. The summed E-state index contributed by atoms with van der Waals surface area (Å²) >= 11 is 0. The molecule has 2 heterocycles. The molecule has 9 nitrogen and oxygen atoms in total. The zero-order valence-corrected chi connectivity index (χ0v) is 19.3. The van der Waals surface area contributed by atoms with Crippen molar-refractivity contribution in [3.8, 4) is 11.3 Å². The molecule has 1 aromatic carbocycles. The second-order valence-corrected chi connectivity index (χ2v) is 8.49. The number of carbonyl (C=O) groups is 2. The monoisotopic (exact) mass is 489 g/mol. The first-order valence-corrected chi connectivity index (χ1v) is 11.6. The maximum Gasteiger partial charge on any atom is 0.303 e. The van der Waals surface area contributed by atoms with Gasteiger partial charge >= 0.3 is 5.97 Å². The molecule has 3 rings (SSSR count). The molecule has 0 spiro atoms. The van der Waals surface area contributed by atoms with Crippen molar-refractivity contribution in [3.63, 3.8) is 0 Å². The van der Waals surface area contributed by atoms with Crippen molar-refractivity contribution in [1.29, 1.82) is 0 Å². The number of halogens is 1. The van der Waals surface area contributed by atoms with Crippen LogP contribution in [0.2, 0.25) is 0 Å². The van der Waals surface area contributed by atoms with E-state index in [4.69, 9.17) is 9.52 Å². The first-order valence-electron chi connectivity index (χ1n) is 10.4. The van der Waals surface area contributed by atoms with Crippen LogP contribution >= 0.6 is 0 Å². The van der Waals surface area contributed by atoms with E-state index < -0.39 is 28.6 Å². The lowest BCUT2D eigenvalue weighted by molar-refractivity contribution is -0.137. The summed E-state index contributed by atoms with van der Waals surface area (Å²) in [6.45, 7) is 3.82. The van der Waals surface area contributed by atoms with E-state index in [9.17, 15) is 22.4 Å². The molecular formula is C23H24FN3O6S. The number of benzene rings is 1. The molecule has 2 N–H and O–H groups in total. The molecule has 0 unspecified atom stereocenters. The number of aliphatic carboxylic acids is 1. The molecule has 1 amide bonds. The largest absolute Gasteiger partial charge is 0.481 e. The van der Waals surface area contributed by atoms with Crippen LogP contribution in [0.15, 0.2) is 41.3 Å². The summed E-state index contributed by atoms with van der Waals surface area (Å²) in [5, 5.41) is 11.7. The highest BCUT2D eigenvalue weighted by atomic mass is 32.2. The Morgan fingerprint density at radius 3 is 2.56 bits per heavy atom. The standard InChI is InChI=1S/C23H24FN3O6S/c1-3-14-12-17-20(22(30)25-2)21(15-7-9-16(24)10-8-15)33-23(17)26-18(14)13-27(34(31)32)11-5-4-6-19(28)29/h3,7-10,12,34H,1,4-6,11,13H2,2H3,(H,25,30)(H,28,29). The Morgan fingerprint density at radius 2 is 1.97 bits per heavy atom. The number of carboxylic acid groups (broad SMARTS) is 1. The number of nitrogens with one attached hydrogen (secondary N) is 1. The van der Waals surface area contributed by atoms with Crippen LogP contribution in [-0.4, -0.2) is 48.3 Å². The Hall–Kier alpha value is -3.57. The van der Waals surface area contributed by atoms with Gasteiger partial charge in [0.1, 0.15) is 11.6 Å². The lowest BCUT2D eigenvalue weighted by Gasteiger charge is -2.16. The van der Waals surface area contributed by atoms with Crippen LogP contribution in [0.5, 0.6) is 0 Å². The van der Waals surface area contributed by atoms with Gasteiger partial charge in [0.25, 0.3) is 5.91 Å². The highest BCUT2D eigenvalue weighted by molar-refractivity contribution is 7.69. The molecule has 0 fully saturated rings. The number of hydrogen-bond acceptors (Lipinski definition) is 6. The van der Waals surface area contributed by atoms with Crippen molar-refractivity contribution in [3.05, 3.63) is 59.5 Å². The number of rotatable bonds is 11. The van der Waals surface area contributed by atoms with E-state index in [1.807, 2.05) is 0 Å². The van der Waals surface area contributed by atoms with Gasteiger partial charge in [0.05, 0.1) is 23.2 Å². The van der Waals surface area contributed by atoms with E-state index in [0.29, 0.717) is 35.0 Å².